The lowest BCUT2D eigenvalue weighted by Crippen LogP contribution is -2.28. The number of hydrogen-bond acceptors (Lipinski definition) is 3. The number of carbonyl (C=O) groups excluding carboxylic acids is 2. The molecule has 0 bridgehead atoms. The first-order chi connectivity index (χ1) is 8.95. The van der Waals surface area contributed by atoms with E-state index >= 15 is 0 Å². The van der Waals surface area contributed by atoms with Crippen LogP contribution in [0.3, 0.4) is 0 Å². The molecule has 2 amide bonds. The summed E-state index contributed by atoms with van der Waals surface area (Å²) in [5, 5.41) is 0. The summed E-state index contributed by atoms with van der Waals surface area (Å²) in [5.74, 6) is 0.0629. The van der Waals surface area contributed by atoms with Crippen LogP contribution in [0.15, 0.2) is 30.9 Å². The van der Waals surface area contributed by atoms with E-state index in [0.717, 1.165) is 4.90 Å². The Morgan fingerprint density at radius 2 is 1.89 bits per heavy atom. The molecule has 1 radical (unpaired) electrons. The Morgan fingerprint density at radius 1 is 1.26 bits per heavy atom. The highest BCUT2D eigenvalue weighted by Gasteiger charge is 2.33. The maximum absolute atomic E-state index is 11.9. The van der Waals surface area contributed by atoms with E-state index in [1.54, 1.807) is 24.3 Å². The van der Waals surface area contributed by atoms with Gasteiger partial charge >= 0.3 is 0 Å². The normalized spacial score (nSPS) is 15.7. The van der Waals surface area contributed by atoms with Gasteiger partial charge in [-0.3, -0.25) is 14.5 Å². The summed E-state index contributed by atoms with van der Waals surface area (Å²) in [7, 11) is 0.811. The Hall–Kier alpha value is -1.88. The van der Waals surface area contributed by atoms with Gasteiger partial charge in [0.25, 0.3) is 11.8 Å². The monoisotopic (exact) mass is 274 g/mol. The topological polar surface area (TPSA) is 46.6 Å². The molecule has 0 spiro atoms. The lowest BCUT2D eigenvalue weighted by atomic mass is 10.1. The third kappa shape index (κ3) is 2.33. The Labute approximate surface area is 114 Å². The summed E-state index contributed by atoms with van der Waals surface area (Å²) in [5.41, 5.74) is 0.829. The highest BCUT2D eigenvalue weighted by Crippen LogP contribution is 2.26. The molecule has 0 aromatic heterocycles. The summed E-state index contributed by atoms with van der Waals surface area (Å²) in [6.07, 6.45) is 1.78. The number of rotatable bonds is 4. The van der Waals surface area contributed by atoms with Gasteiger partial charge in [0.1, 0.15) is 11.5 Å². The third-order valence-corrected chi connectivity index (χ3v) is 4.60. The van der Waals surface area contributed by atoms with Gasteiger partial charge in [-0.05, 0) is 18.2 Å². The number of ether oxygens (including phenoxy) is 1. The van der Waals surface area contributed by atoms with E-state index in [9.17, 15) is 9.59 Å². The number of imide groups is 1. The van der Waals surface area contributed by atoms with E-state index in [1.807, 2.05) is 0 Å². The molecular weight excluding hydrogens is 258 g/mol. The van der Waals surface area contributed by atoms with E-state index in [-0.39, 0.29) is 17.5 Å². The van der Waals surface area contributed by atoms with Gasteiger partial charge in [-0.1, -0.05) is 25.7 Å². The Bertz CT molecular complexity index is 554. The van der Waals surface area contributed by atoms with Crippen molar-refractivity contribution >= 4 is 20.6 Å². The molecule has 0 saturated carbocycles. The van der Waals surface area contributed by atoms with E-state index in [0.29, 0.717) is 16.9 Å². The summed E-state index contributed by atoms with van der Waals surface area (Å²) >= 11 is 0. The van der Waals surface area contributed by atoms with E-state index in [1.165, 1.54) is 7.05 Å². The van der Waals surface area contributed by atoms with Gasteiger partial charge in [0.2, 0.25) is 0 Å². The summed E-state index contributed by atoms with van der Waals surface area (Å²) in [6.45, 7) is 8.02. The van der Waals surface area contributed by atoms with Crippen LogP contribution in [0.1, 0.15) is 20.7 Å². The molecule has 0 aliphatic carbocycles. The van der Waals surface area contributed by atoms with Crippen LogP contribution in [0.5, 0.6) is 5.75 Å². The first-order valence-corrected chi connectivity index (χ1v) is 8.59. The summed E-state index contributed by atoms with van der Waals surface area (Å²) < 4.78 is 5.81. The largest absolute Gasteiger partial charge is 0.490 e. The minimum absolute atomic E-state index is 0.0204. The predicted molar refractivity (Wildman–Crippen MR) is 75.0 cm³/mol. The molecule has 1 atom stereocenters. The van der Waals surface area contributed by atoms with Crippen LogP contribution in [0.25, 0.3) is 0 Å². The van der Waals surface area contributed by atoms with Crippen molar-refractivity contribution < 1.29 is 14.3 Å². The van der Waals surface area contributed by atoms with Crippen molar-refractivity contribution in [3.05, 3.63) is 42.0 Å². The first-order valence-electron chi connectivity index (χ1n) is 6.01. The molecule has 2 rings (SSSR count). The van der Waals surface area contributed by atoms with Gasteiger partial charge in [-0.2, -0.15) is 0 Å². The van der Waals surface area contributed by atoms with Crippen molar-refractivity contribution in [1.29, 1.82) is 0 Å². The van der Waals surface area contributed by atoms with Crippen molar-refractivity contribution in [2.45, 2.75) is 18.8 Å². The SMILES string of the molecule is C=CC(Oc1ccc2c(c1)C(=O)N(C)C2=O)[Si](C)C. The molecule has 1 aliphatic heterocycles. The third-order valence-electron chi connectivity index (χ3n) is 3.11. The van der Waals surface area contributed by atoms with Gasteiger partial charge in [0.05, 0.1) is 19.9 Å². The van der Waals surface area contributed by atoms with Crippen molar-refractivity contribution in [2.75, 3.05) is 7.05 Å². The number of amides is 2. The average Bonchev–Trinajstić information content (AvgIpc) is 2.61. The molecule has 0 N–H and O–H groups in total. The fourth-order valence-corrected chi connectivity index (χ4v) is 2.81. The Morgan fingerprint density at radius 3 is 2.47 bits per heavy atom. The molecule has 4 nitrogen and oxygen atoms in total. The summed E-state index contributed by atoms with van der Waals surface area (Å²) in [4.78, 5) is 24.8. The van der Waals surface area contributed by atoms with Gasteiger partial charge in [-0.25, -0.2) is 0 Å². The molecule has 0 saturated heterocycles. The fourth-order valence-electron chi connectivity index (χ4n) is 1.96. The van der Waals surface area contributed by atoms with Crippen LogP contribution in [-0.2, 0) is 0 Å². The molecule has 0 fully saturated rings. The zero-order chi connectivity index (χ0) is 14.2. The van der Waals surface area contributed by atoms with Crippen molar-refractivity contribution in [2.24, 2.45) is 0 Å². The minimum Gasteiger partial charge on any atom is -0.490 e. The second-order valence-corrected chi connectivity index (χ2v) is 7.45. The molecular formula is C14H16NO3Si. The number of fused-ring (bicyclic) bond motifs is 1. The van der Waals surface area contributed by atoms with Crippen molar-refractivity contribution in [1.82, 2.24) is 4.90 Å². The van der Waals surface area contributed by atoms with E-state index in [2.05, 4.69) is 19.7 Å². The second-order valence-electron chi connectivity index (χ2n) is 4.73. The molecule has 1 heterocycles. The zero-order valence-electron chi connectivity index (χ0n) is 11.3. The lowest BCUT2D eigenvalue weighted by Gasteiger charge is -2.18. The molecule has 5 heteroatoms. The fraction of sp³-hybridized carbons (Fsp3) is 0.286. The molecule has 19 heavy (non-hydrogen) atoms. The van der Waals surface area contributed by atoms with Gasteiger partial charge in [0, 0.05) is 7.05 Å². The Kier molecular flexibility index (Phi) is 3.57. The molecule has 1 unspecified atom stereocenters. The van der Waals surface area contributed by atoms with Crippen LogP contribution in [0.2, 0.25) is 13.1 Å². The minimum atomic E-state index is -0.672. The molecule has 1 aromatic carbocycles. The van der Waals surface area contributed by atoms with Gasteiger partial charge in [0.15, 0.2) is 0 Å². The maximum Gasteiger partial charge on any atom is 0.261 e. The first kappa shape index (κ1) is 13.5. The van der Waals surface area contributed by atoms with Crippen molar-refractivity contribution in [3.63, 3.8) is 0 Å². The lowest BCUT2D eigenvalue weighted by molar-refractivity contribution is 0.0693. The van der Waals surface area contributed by atoms with Crippen LogP contribution in [-0.4, -0.2) is 38.3 Å². The maximum atomic E-state index is 11.9. The second kappa shape index (κ2) is 5.01. The van der Waals surface area contributed by atoms with Gasteiger partial charge < -0.3 is 4.74 Å². The van der Waals surface area contributed by atoms with Crippen LogP contribution < -0.4 is 4.74 Å². The standard InChI is InChI=1S/C14H16NO3Si/c1-5-12(19(3)4)18-9-6-7-10-11(8-9)14(17)15(2)13(10)16/h5-8,12H,1H2,2-4H3. The zero-order valence-corrected chi connectivity index (χ0v) is 12.3. The predicted octanol–water partition coefficient (Wildman–Crippen LogP) is 2.14. The van der Waals surface area contributed by atoms with Crippen LogP contribution in [0.4, 0.5) is 0 Å². The Balaban J connectivity index is 2.31. The summed E-state index contributed by atoms with van der Waals surface area (Å²) in [6, 6.07) is 5.01. The molecule has 1 aliphatic rings. The number of nitrogens with zero attached hydrogens (tertiary/aromatic N) is 1. The average molecular weight is 274 g/mol. The number of carbonyl (C=O) groups is 2. The van der Waals surface area contributed by atoms with Crippen LogP contribution in [0, 0.1) is 0 Å². The quantitative estimate of drug-likeness (QED) is 0.480. The highest BCUT2D eigenvalue weighted by atomic mass is 28.3. The van der Waals surface area contributed by atoms with Gasteiger partial charge in [-0.15, -0.1) is 0 Å². The smallest absolute Gasteiger partial charge is 0.261 e. The molecule has 1 aromatic rings. The van der Waals surface area contributed by atoms with Crippen LogP contribution >= 0.6 is 0 Å². The van der Waals surface area contributed by atoms with Crippen molar-refractivity contribution in [3.8, 4) is 5.75 Å². The van der Waals surface area contributed by atoms with E-state index < -0.39 is 8.80 Å². The molecule has 99 valence electrons. The number of hydrogen-bond donors (Lipinski definition) is 0. The highest BCUT2D eigenvalue weighted by molar-refractivity contribution is 6.57. The number of benzene rings is 1. The van der Waals surface area contributed by atoms with E-state index in [4.69, 9.17) is 4.74 Å².